The standard InChI is InChI=1S/C21H32N2O/c1-3-6-23-7-4-19(5-8-23)20(24)22(2)15-21-12-16-9-17(13-21)11-18(10-16)14-21/h1,16-19H,4-15H2,2H3. The van der Waals surface area contributed by atoms with Crippen molar-refractivity contribution in [1.82, 2.24) is 9.80 Å². The topological polar surface area (TPSA) is 23.6 Å². The SMILES string of the molecule is C#CCN1CCC(C(=O)N(C)CC23CC4CC(CC(C4)C2)C3)CC1. The molecule has 0 aromatic rings. The van der Waals surface area contributed by atoms with E-state index in [9.17, 15) is 4.79 Å². The molecule has 0 unspecified atom stereocenters. The lowest BCUT2D eigenvalue weighted by Gasteiger charge is -2.57. The number of rotatable bonds is 4. The number of nitrogens with zero attached hydrogens (tertiary/aromatic N) is 2. The minimum absolute atomic E-state index is 0.220. The Morgan fingerprint density at radius 1 is 1.12 bits per heavy atom. The molecular weight excluding hydrogens is 296 g/mol. The molecule has 4 bridgehead atoms. The molecule has 5 fully saturated rings. The summed E-state index contributed by atoms with van der Waals surface area (Å²) in [5.41, 5.74) is 0.462. The number of piperidine rings is 1. The average molecular weight is 329 g/mol. The van der Waals surface area contributed by atoms with Gasteiger partial charge in [0.2, 0.25) is 5.91 Å². The Hall–Kier alpha value is -1.01. The molecule has 3 heteroatoms. The molecule has 5 aliphatic rings. The van der Waals surface area contributed by atoms with Gasteiger partial charge in [-0.1, -0.05) is 5.92 Å². The molecule has 0 aromatic carbocycles. The quantitative estimate of drug-likeness (QED) is 0.741. The first-order valence-corrected chi connectivity index (χ1v) is 9.98. The Balaban J connectivity index is 1.34. The Bertz CT molecular complexity index is 491. The van der Waals surface area contributed by atoms with Crippen LogP contribution in [0, 0.1) is 41.4 Å². The number of carbonyl (C=O) groups excluding carboxylic acids is 1. The van der Waals surface area contributed by atoms with E-state index in [2.05, 4.69) is 22.8 Å². The zero-order chi connectivity index (χ0) is 16.7. The largest absolute Gasteiger partial charge is 0.345 e. The molecule has 24 heavy (non-hydrogen) atoms. The summed E-state index contributed by atoms with van der Waals surface area (Å²) >= 11 is 0. The zero-order valence-corrected chi connectivity index (χ0v) is 15.2. The Morgan fingerprint density at radius 3 is 2.17 bits per heavy atom. The molecule has 132 valence electrons. The Labute approximate surface area is 147 Å². The van der Waals surface area contributed by atoms with Gasteiger partial charge in [-0.15, -0.1) is 6.42 Å². The highest BCUT2D eigenvalue weighted by Crippen LogP contribution is 2.60. The minimum atomic E-state index is 0.220. The van der Waals surface area contributed by atoms with Crippen LogP contribution in [0.2, 0.25) is 0 Å². The van der Waals surface area contributed by atoms with Crippen molar-refractivity contribution in [3.05, 3.63) is 0 Å². The molecule has 0 aromatic heterocycles. The number of hydrogen-bond donors (Lipinski definition) is 0. The van der Waals surface area contributed by atoms with Crippen LogP contribution in [0.1, 0.15) is 51.4 Å². The Kier molecular flexibility index (Phi) is 4.37. The van der Waals surface area contributed by atoms with Gasteiger partial charge in [0.25, 0.3) is 0 Å². The first-order valence-electron chi connectivity index (χ1n) is 9.98. The highest BCUT2D eigenvalue weighted by Gasteiger charge is 2.51. The molecule has 0 radical (unpaired) electrons. The first kappa shape index (κ1) is 16.5. The second-order valence-electron chi connectivity index (χ2n) is 9.37. The van der Waals surface area contributed by atoms with E-state index in [-0.39, 0.29) is 5.92 Å². The number of amides is 1. The fourth-order valence-corrected chi connectivity index (χ4v) is 6.84. The van der Waals surface area contributed by atoms with Gasteiger partial charge in [-0.2, -0.15) is 0 Å². The molecule has 4 saturated carbocycles. The van der Waals surface area contributed by atoms with Crippen LogP contribution < -0.4 is 0 Å². The van der Waals surface area contributed by atoms with Gasteiger partial charge in [-0.3, -0.25) is 9.69 Å². The molecule has 0 spiro atoms. The third-order valence-electron chi connectivity index (χ3n) is 7.37. The van der Waals surface area contributed by atoms with Crippen LogP contribution in [0.15, 0.2) is 0 Å². The predicted octanol–water partition coefficient (Wildman–Crippen LogP) is 3.01. The number of likely N-dealkylation sites (tertiary alicyclic amines) is 1. The van der Waals surface area contributed by atoms with Crippen LogP contribution in [-0.2, 0) is 4.79 Å². The lowest BCUT2D eigenvalue weighted by Crippen LogP contribution is -2.52. The van der Waals surface area contributed by atoms with Gasteiger partial charge in [-0.25, -0.2) is 0 Å². The second kappa shape index (κ2) is 6.37. The summed E-state index contributed by atoms with van der Waals surface area (Å²) in [6.07, 6.45) is 15.9. The summed E-state index contributed by atoms with van der Waals surface area (Å²) in [7, 11) is 2.06. The molecular formula is C21H32N2O. The van der Waals surface area contributed by atoms with Crippen LogP contribution >= 0.6 is 0 Å². The lowest BCUT2D eigenvalue weighted by molar-refractivity contribution is -0.141. The molecule has 3 nitrogen and oxygen atoms in total. The van der Waals surface area contributed by atoms with Crippen LogP contribution in [0.3, 0.4) is 0 Å². The van der Waals surface area contributed by atoms with Gasteiger partial charge >= 0.3 is 0 Å². The molecule has 1 aliphatic heterocycles. The van der Waals surface area contributed by atoms with Crippen molar-refractivity contribution in [3.63, 3.8) is 0 Å². The monoisotopic (exact) mass is 328 g/mol. The summed E-state index contributed by atoms with van der Waals surface area (Å²) in [5.74, 6) is 6.23. The molecule has 0 atom stereocenters. The van der Waals surface area contributed by atoms with Gasteiger partial charge in [0, 0.05) is 19.5 Å². The summed E-state index contributed by atoms with van der Waals surface area (Å²) in [6.45, 7) is 3.70. The predicted molar refractivity (Wildman–Crippen MR) is 96.2 cm³/mol. The van der Waals surface area contributed by atoms with E-state index in [0.29, 0.717) is 11.3 Å². The van der Waals surface area contributed by atoms with E-state index in [4.69, 9.17) is 6.42 Å². The molecule has 5 rings (SSSR count). The fourth-order valence-electron chi connectivity index (χ4n) is 6.84. The summed E-state index contributed by atoms with van der Waals surface area (Å²) in [6, 6.07) is 0. The third-order valence-corrected chi connectivity index (χ3v) is 7.37. The smallest absolute Gasteiger partial charge is 0.225 e. The highest BCUT2D eigenvalue weighted by atomic mass is 16.2. The maximum Gasteiger partial charge on any atom is 0.225 e. The van der Waals surface area contributed by atoms with E-state index in [1.54, 1.807) is 0 Å². The van der Waals surface area contributed by atoms with Crippen molar-refractivity contribution in [2.45, 2.75) is 51.4 Å². The third kappa shape index (κ3) is 3.10. The normalized spacial score (nSPS) is 38.9. The van der Waals surface area contributed by atoms with Gasteiger partial charge < -0.3 is 4.90 Å². The fraction of sp³-hybridized carbons (Fsp3) is 0.857. The Morgan fingerprint density at radius 2 is 1.67 bits per heavy atom. The van der Waals surface area contributed by atoms with E-state index in [0.717, 1.165) is 56.8 Å². The highest BCUT2D eigenvalue weighted by molar-refractivity contribution is 5.78. The molecule has 4 aliphatic carbocycles. The summed E-state index contributed by atoms with van der Waals surface area (Å²) in [4.78, 5) is 17.4. The van der Waals surface area contributed by atoms with Crippen molar-refractivity contribution in [2.75, 3.05) is 33.2 Å². The maximum absolute atomic E-state index is 13.0. The number of terminal acetylenes is 1. The van der Waals surface area contributed by atoms with E-state index in [1.165, 1.54) is 38.5 Å². The van der Waals surface area contributed by atoms with Crippen molar-refractivity contribution in [2.24, 2.45) is 29.1 Å². The number of hydrogen-bond acceptors (Lipinski definition) is 2. The van der Waals surface area contributed by atoms with E-state index in [1.807, 2.05) is 0 Å². The zero-order valence-electron chi connectivity index (χ0n) is 15.2. The number of carbonyl (C=O) groups is 1. The van der Waals surface area contributed by atoms with Gasteiger partial charge in [0.05, 0.1) is 6.54 Å². The van der Waals surface area contributed by atoms with Crippen LogP contribution in [0.25, 0.3) is 0 Å². The van der Waals surface area contributed by atoms with E-state index >= 15 is 0 Å². The molecule has 1 saturated heterocycles. The maximum atomic E-state index is 13.0. The summed E-state index contributed by atoms with van der Waals surface area (Å²) in [5, 5.41) is 0. The average Bonchev–Trinajstić information content (AvgIpc) is 2.53. The van der Waals surface area contributed by atoms with Crippen molar-refractivity contribution in [3.8, 4) is 12.3 Å². The summed E-state index contributed by atoms with van der Waals surface area (Å²) < 4.78 is 0. The van der Waals surface area contributed by atoms with Gasteiger partial charge in [0.15, 0.2) is 0 Å². The van der Waals surface area contributed by atoms with Crippen molar-refractivity contribution >= 4 is 5.91 Å². The van der Waals surface area contributed by atoms with Crippen LogP contribution in [0.4, 0.5) is 0 Å². The molecule has 0 N–H and O–H groups in total. The second-order valence-corrected chi connectivity index (χ2v) is 9.37. The van der Waals surface area contributed by atoms with Gasteiger partial charge in [0.1, 0.15) is 0 Å². The molecule has 1 heterocycles. The van der Waals surface area contributed by atoms with Crippen LogP contribution in [-0.4, -0.2) is 48.9 Å². The first-order chi connectivity index (χ1) is 11.6. The lowest BCUT2D eigenvalue weighted by atomic mass is 9.49. The molecule has 1 amide bonds. The van der Waals surface area contributed by atoms with E-state index < -0.39 is 0 Å². The van der Waals surface area contributed by atoms with Crippen LogP contribution in [0.5, 0.6) is 0 Å². The van der Waals surface area contributed by atoms with Crippen molar-refractivity contribution < 1.29 is 4.79 Å². The van der Waals surface area contributed by atoms with Gasteiger partial charge in [-0.05, 0) is 87.6 Å². The van der Waals surface area contributed by atoms with Crippen molar-refractivity contribution in [1.29, 1.82) is 0 Å². The minimum Gasteiger partial charge on any atom is -0.345 e.